The number of fused-ring (bicyclic) bond motifs is 1. The van der Waals surface area contributed by atoms with E-state index in [1.165, 1.54) is 31.4 Å². The van der Waals surface area contributed by atoms with Crippen LogP contribution in [0.25, 0.3) is 0 Å². The lowest BCUT2D eigenvalue weighted by atomic mass is 9.71. The molecule has 1 saturated carbocycles. The summed E-state index contributed by atoms with van der Waals surface area (Å²) in [5.74, 6) is 1.88. The summed E-state index contributed by atoms with van der Waals surface area (Å²) >= 11 is 0. The highest BCUT2D eigenvalue weighted by atomic mass is 16.5. The Bertz CT molecular complexity index is 478. The van der Waals surface area contributed by atoms with Crippen molar-refractivity contribution >= 4 is 11.4 Å². The van der Waals surface area contributed by atoms with Gasteiger partial charge in [0, 0.05) is 18.5 Å². The maximum Gasteiger partial charge on any atom is 0.144 e. The van der Waals surface area contributed by atoms with E-state index >= 15 is 0 Å². The van der Waals surface area contributed by atoms with Gasteiger partial charge in [0.15, 0.2) is 0 Å². The Balaban J connectivity index is 1.76. The quantitative estimate of drug-likeness (QED) is 0.858. The van der Waals surface area contributed by atoms with Gasteiger partial charge >= 0.3 is 0 Å². The lowest BCUT2D eigenvalue weighted by Gasteiger charge is -2.38. The van der Waals surface area contributed by atoms with Crippen LogP contribution in [0.15, 0.2) is 18.2 Å². The number of anilines is 2. The van der Waals surface area contributed by atoms with Gasteiger partial charge in [0.25, 0.3) is 0 Å². The van der Waals surface area contributed by atoms with Crippen molar-refractivity contribution in [3.63, 3.8) is 0 Å². The Labute approximate surface area is 128 Å². The van der Waals surface area contributed by atoms with Crippen LogP contribution >= 0.6 is 0 Å². The van der Waals surface area contributed by atoms with E-state index in [1.807, 2.05) is 0 Å². The molecule has 1 aliphatic heterocycles. The molecule has 3 nitrogen and oxygen atoms in total. The largest absolute Gasteiger partial charge is 0.491 e. The van der Waals surface area contributed by atoms with Crippen LogP contribution in [-0.4, -0.2) is 19.7 Å². The number of para-hydroxylation sites is 1. The van der Waals surface area contributed by atoms with E-state index in [4.69, 9.17) is 4.74 Å². The maximum atomic E-state index is 5.90. The fourth-order valence-corrected chi connectivity index (χ4v) is 3.54. The van der Waals surface area contributed by atoms with Crippen LogP contribution in [0.5, 0.6) is 5.75 Å². The first kappa shape index (κ1) is 14.6. The number of rotatable bonds is 3. The van der Waals surface area contributed by atoms with Crippen LogP contribution < -0.4 is 15.4 Å². The third kappa shape index (κ3) is 3.12. The molecule has 0 unspecified atom stereocenters. The molecule has 2 N–H and O–H groups in total. The average molecular weight is 288 g/mol. The zero-order chi connectivity index (χ0) is 14.7. The molecule has 0 amide bonds. The molecular weight excluding hydrogens is 260 g/mol. The first-order valence-corrected chi connectivity index (χ1v) is 8.46. The van der Waals surface area contributed by atoms with Crippen LogP contribution in [-0.2, 0) is 0 Å². The third-order valence-corrected chi connectivity index (χ3v) is 5.12. The molecule has 1 spiro atoms. The highest BCUT2D eigenvalue weighted by Crippen LogP contribution is 2.43. The van der Waals surface area contributed by atoms with Crippen LogP contribution in [0.4, 0.5) is 11.4 Å². The smallest absolute Gasteiger partial charge is 0.144 e. The molecule has 0 radical (unpaired) electrons. The van der Waals surface area contributed by atoms with E-state index in [1.54, 1.807) is 0 Å². The highest BCUT2D eigenvalue weighted by Gasteiger charge is 2.36. The average Bonchev–Trinajstić information content (AvgIpc) is 2.69. The maximum absolute atomic E-state index is 5.90. The summed E-state index contributed by atoms with van der Waals surface area (Å²) < 4.78 is 5.90. The van der Waals surface area contributed by atoms with E-state index in [2.05, 4.69) is 42.7 Å². The van der Waals surface area contributed by atoms with E-state index < -0.39 is 0 Å². The van der Waals surface area contributed by atoms with Gasteiger partial charge < -0.3 is 15.4 Å². The van der Waals surface area contributed by atoms with Crippen molar-refractivity contribution in [1.82, 2.24) is 0 Å². The Kier molecular flexibility index (Phi) is 4.27. The number of hydrogen-bond acceptors (Lipinski definition) is 3. The van der Waals surface area contributed by atoms with Gasteiger partial charge in [-0.3, -0.25) is 0 Å². The molecule has 0 aromatic heterocycles. The van der Waals surface area contributed by atoms with Crippen molar-refractivity contribution in [3.8, 4) is 5.75 Å². The Morgan fingerprint density at radius 2 is 1.95 bits per heavy atom. The predicted molar refractivity (Wildman–Crippen MR) is 89.3 cm³/mol. The van der Waals surface area contributed by atoms with E-state index in [0.29, 0.717) is 5.41 Å². The normalized spacial score (nSPS) is 28.2. The zero-order valence-electron chi connectivity index (χ0n) is 13.4. The first-order chi connectivity index (χ1) is 10.2. The molecule has 116 valence electrons. The number of benzene rings is 1. The fourth-order valence-electron chi connectivity index (χ4n) is 3.54. The predicted octanol–water partition coefficient (Wildman–Crippen LogP) is 4.51. The number of nitrogens with one attached hydrogen (secondary N) is 2. The molecule has 1 fully saturated rings. The Hall–Kier alpha value is -1.38. The summed E-state index contributed by atoms with van der Waals surface area (Å²) in [4.78, 5) is 0. The summed E-state index contributed by atoms with van der Waals surface area (Å²) in [5.41, 5.74) is 2.76. The summed E-state index contributed by atoms with van der Waals surface area (Å²) in [6.07, 6.45) is 6.41. The van der Waals surface area contributed by atoms with Crippen LogP contribution in [0.1, 0.15) is 46.0 Å². The van der Waals surface area contributed by atoms with Gasteiger partial charge in [-0.15, -0.1) is 0 Å². The second-order valence-electron chi connectivity index (χ2n) is 6.92. The van der Waals surface area contributed by atoms with Crippen molar-refractivity contribution < 1.29 is 4.74 Å². The van der Waals surface area contributed by atoms with Crippen LogP contribution in [0, 0.1) is 11.3 Å². The van der Waals surface area contributed by atoms with E-state index in [0.717, 1.165) is 43.5 Å². The summed E-state index contributed by atoms with van der Waals surface area (Å²) in [6.45, 7) is 7.45. The molecule has 3 rings (SSSR count). The van der Waals surface area contributed by atoms with Crippen molar-refractivity contribution in [2.24, 2.45) is 11.3 Å². The summed E-state index contributed by atoms with van der Waals surface area (Å²) in [5, 5.41) is 7.37. The van der Waals surface area contributed by atoms with Gasteiger partial charge in [0.05, 0.1) is 12.3 Å². The minimum absolute atomic E-state index is 0.410. The van der Waals surface area contributed by atoms with Crippen molar-refractivity contribution in [1.29, 1.82) is 0 Å². The van der Waals surface area contributed by atoms with Crippen molar-refractivity contribution in [3.05, 3.63) is 18.2 Å². The zero-order valence-corrected chi connectivity index (χ0v) is 13.4. The molecule has 1 aliphatic carbocycles. The molecule has 1 aromatic rings. The number of hydrogen-bond donors (Lipinski definition) is 2. The van der Waals surface area contributed by atoms with Gasteiger partial charge in [-0.2, -0.15) is 0 Å². The second kappa shape index (κ2) is 6.17. The molecule has 1 aromatic carbocycles. The summed E-state index contributed by atoms with van der Waals surface area (Å²) in [6, 6.07) is 6.31. The standard InChI is InChI=1S/C18H28N2O/c1-3-11-21-16-6-4-5-15-17(16)20-13-18(12-19-15)9-7-14(2)8-10-18/h4-6,14,19-20H,3,7-13H2,1-2H3. The molecule has 0 bridgehead atoms. The first-order valence-electron chi connectivity index (χ1n) is 8.46. The molecule has 1 heterocycles. The monoisotopic (exact) mass is 288 g/mol. The van der Waals surface area contributed by atoms with Gasteiger partial charge in [-0.1, -0.05) is 32.8 Å². The van der Waals surface area contributed by atoms with Gasteiger partial charge in [0.2, 0.25) is 0 Å². The Morgan fingerprint density at radius 1 is 1.19 bits per heavy atom. The van der Waals surface area contributed by atoms with Crippen LogP contribution in [0.2, 0.25) is 0 Å². The highest BCUT2D eigenvalue weighted by molar-refractivity contribution is 5.76. The SMILES string of the molecule is CCCOc1cccc2c1NCC1(CCC(C)CC1)CN2. The van der Waals surface area contributed by atoms with Crippen molar-refractivity contribution in [2.75, 3.05) is 30.3 Å². The minimum Gasteiger partial charge on any atom is -0.491 e. The minimum atomic E-state index is 0.410. The second-order valence-corrected chi connectivity index (χ2v) is 6.92. The number of ether oxygens (including phenoxy) is 1. The van der Waals surface area contributed by atoms with E-state index in [-0.39, 0.29) is 0 Å². The Morgan fingerprint density at radius 3 is 2.71 bits per heavy atom. The van der Waals surface area contributed by atoms with Crippen LogP contribution in [0.3, 0.4) is 0 Å². The lowest BCUT2D eigenvalue weighted by molar-refractivity contribution is 0.185. The molecule has 0 saturated heterocycles. The van der Waals surface area contributed by atoms with Gasteiger partial charge in [-0.05, 0) is 37.3 Å². The van der Waals surface area contributed by atoms with Gasteiger partial charge in [0.1, 0.15) is 11.4 Å². The third-order valence-electron chi connectivity index (χ3n) is 5.12. The van der Waals surface area contributed by atoms with E-state index in [9.17, 15) is 0 Å². The van der Waals surface area contributed by atoms with Crippen molar-refractivity contribution in [2.45, 2.75) is 46.0 Å². The van der Waals surface area contributed by atoms with Gasteiger partial charge in [-0.25, -0.2) is 0 Å². The molecule has 2 aliphatic rings. The fraction of sp³-hybridized carbons (Fsp3) is 0.667. The molecule has 0 atom stereocenters. The summed E-state index contributed by atoms with van der Waals surface area (Å²) in [7, 11) is 0. The lowest BCUT2D eigenvalue weighted by Crippen LogP contribution is -2.38. The topological polar surface area (TPSA) is 33.3 Å². The molecule has 3 heteroatoms. The molecule has 21 heavy (non-hydrogen) atoms. The molecular formula is C18H28N2O.